The quantitative estimate of drug-likeness (QED) is 0.863. The molecule has 2 N–H and O–H groups in total. The maximum Gasteiger partial charge on any atom is 0.237 e. The number of hydrogen-bond donors (Lipinski definition) is 2. The van der Waals surface area contributed by atoms with Crippen LogP contribution in [0.2, 0.25) is 0 Å². The number of aliphatic hydroxyl groups is 1. The number of amides is 1. The standard InChI is InChI=1S/C21H32N2O2/c1-15-7-9-18(10-8-15)21-19-6-4-3-5-17(19)11-12-23(21)20(25)14-22-13-16(2)24/h3-6,15-16,18,21-22,24H,7-14H2,1-2H3/t15-,16-,18-,21?/m1/s1. The van der Waals surface area contributed by atoms with Crippen molar-refractivity contribution in [3.63, 3.8) is 0 Å². The number of benzene rings is 1. The van der Waals surface area contributed by atoms with Crippen LogP contribution < -0.4 is 5.32 Å². The summed E-state index contributed by atoms with van der Waals surface area (Å²) in [6, 6.07) is 8.89. The zero-order valence-corrected chi connectivity index (χ0v) is 15.6. The van der Waals surface area contributed by atoms with Gasteiger partial charge >= 0.3 is 0 Å². The summed E-state index contributed by atoms with van der Waals surface area (Å²) in [5.74, 6) is 1.55. The molecule has 1 heterocycles. The molecule has 1 unspecified atom stereocenters. The molecule has 138 valence electrons. The Hall–Kier alpha value is -1.39. The summed E-state index contributed by atoms with van der Waals surface area (Å²) in [5.41, 5.74) is 2.77. The van der Waals surface area contributed by atoms with E-state index >= 15 is 0 Å². The zero-order chi connectivity index (χ0) is 17.8. The molecule has 0 saturated heterocycles. The molecule has 1 saturated carbocycles. The normalized spacial score (nSPS) is 27.6. The van der Waals surface area contributed by atoms with E-state index < -0.39 is 6.10 Å². The molecule has 1 amide bonds. The van der Waals surface area contributed by atoms with Gasteiger partial charge in [0.05, 0.1) is 18.7 Å². The molecule has 0 bridgehead atoms. The molecule has 1 fully saturated rings. The summed E-state index contributed by atoms with van der Waals surface area (Å²) in [5, 5.41) is 12.5. The summed E-state index contributed by atoms with van der Waals surface area (Å²) >= 11 is 0. The third kappa shape index (κ3) is 4.42. The highest BCUT2D eigenvalue weighted by Crippen LogP contribution is 2.43. The lowest BCUT2D eigenvalue weighted by atomic mass is 9.74. The lowest BCUT2D eigenvalue weighted by Crippen LogP contribution is -2.47. The van der Waals surface area contributed by atoms with Crippen molar-refractivity contribution in [2.75, 3.05) is 19.6 Å². The van der Waals surface area contributed by atoms with Crippen molar-refractivity contribution in [3.8, 4) is 0 Å². The lowest BCUT2D eigenvalue weighted by Gasteiger charge is -2.44. The fourth-order valence-electron chi connectivity index (χ4n) is 4.48. The fraction of sp³-hybridized carbons (Fsp3) is 0.667. The molecule has 0 radical (unpaired) electrons. The molecule has 1 aromatic rings. The smallest absolute Gasteiger partial charge is 0.237 e. The van der Waals surface area contributed by atoms with E-state index in [1.165, 1.54) is 36.8 Å². The molecule has 3 rings (SSSR count). The highest BCUT2D eigenvalue weighted by atomic mass is 16.3. The molecule has 0 spiro atoms. The maximum atomic E-state index is 12.9. The Morgan fingerprint density at radius 2 is 2.00 bits per heavy atom. The average molecular weight is 344 g/mol. The summed E-state index contributed by atoms with van der Waals surface area (Å²) < 4.78 is 0. The second-order valence-electron chi connectivity index (χ2n) is 7.98. The minimum Gasteiger partial charge on any atom is -0.392 e. The van der Waals surface area contributed by atoms with Crippen molar-refractivity contribution in [1.29, 1.82) is 0 Å². The highest BCUT2D eigenvalue weighted by molar-refractivity contribution is 5.79. The Bertz CT molecular complexity index is 579. The SMILES string of the molecule is C[C@@H](O)CNCC(=O)N1CCc2ccccc2C1[C@H]1CC[C@H](C)CC1. The molecule has 2 atom stereocenters. The van der Waals surface area contributed by atoms with Crippen molar-refractivity contribution in [1.82, 2.24) is 10.2 Å². The molecular formula is C21H32N2O2. The number of carbonyl (C=O) groups is 1. The van der Waals surface area contributed by atoms with E-state index in [1.54, 1.807) is 6.92 Å². The van der Waals surface area contributed by atoms with Crippen LogP contribution in [-0.4, -0.2) is 41.7 Å². The molecular weight excluding hydrogens is 312 g/mol. The largest absolute Gasteiger partial charge is 0.392 e. The van der Waals surface area contributed by atoms with Crippen LogP contribution in [0.25, 0.3) is 0 Å². The third-order valence-electron chi connectivity index (χ3n) is 5.87. The summed E-state index contributed by atoms with van der Waals surface area (Å²) in [7, 11) is 0. The number of rotatable bonds is 5. The predicted molar refractivity (Wildman–Crippen MR) is 100 cm³/mol. The van der Waals surface area contributed by atoms with Gasteiger partial charge in [-0.3, -0.25) is 4.79 Å². The van der Waals surface area contributed by atoms with Gasteiger partial charge in [0.2, 0.25) is 5.91 Å². The zero-order valence-electron chi connectivity index (χ0n) is 15.6. The van der Waals surface area contributed by atoms with Gasteiger partial charge in [-0.1, -0.05) is 44.0 Å². The van der Waals surface area contributed by atoms with Gasteiger partial charge in [-0.25, -0.2) is 0 Å². The highest BCUT2D eigenvalue weighted by Gasteiger charge is 2.37. The first-order valence-electron chi connectivity index (χ1n) is 9.82. The number of carbonyl (C=O) groups excluding carboxylic acids is 1. The van der Waals surface area contributed by atoms with E-state index in [4.69, 9.17) is 0 Å². The number of hydrogen-bond acceptors (Lipinski definition) is 3. The second-order valence-corrected chi connectivity index (χ2v) is 7.98. The molecule has 25 heavy (non-hydrogen) atoms. The van der Waals surface area contributed by atoms with Crippen molar-refractivity contribution < 1.29 is 9.90 Å². The van der Waals surface area contributed by atoms with Gasteiger partial charge in [0.1, 0.15) is 0 Å². The van der Waals surface area contributed by atoms with Crippen molar-refractivity contribution in [2.24, 2.45) is 11.8 Å². The van der Waals surface area contributed by atoms with Gasteiger partial charge in [-0.15, -0.1) is 0 Å². The Balaban J connectivity index is 1.77. The number of nitrogens with zero attached hydrogens (tertiary/aromatic N) is 1. The van der Waals surface area contributed by atoms with E-state index in [1.807, 2.05) is 0 Å². The minimum atomic E-state index is -0.425. The lowest BCUT2D eigenvalue weighted by molar-refractivity contribution is -0.135. The maximum absolute atomic E-state index is 12.9. The second kappa shape index (κ2) is 8.33. The topological polar surface area (TPSA) is 52.6 Å². The van der Waals surface area contributed by atoms with Crippen LogP contribution in [0.1, 0.15) is 56.7 Å². The molecule has 0 aromatic heterocycles. The minimum absolute atomic E-state index is 0.166. The first-order valence-corrected chi connectivity index (χ1v) is 9.82. The predicted octanol–water partition coefficient (Wildman–Crippen LogP) is 2.91. The van der Waals surface area contributed by atoms with Crippen LogP contribution in [-0.2, 0) is 11.2 Å². The number of fused-ring (bicyclic) bond motifs is 1. The van der Waals surface area contributed by atoms with Gasteiger partial charge in [0, 0.05) is 13.1 Å². The monoisotopic (exact) mass is 344 g/mol. The molecule has 4 heteroatoms. The summed E-state index contributed by atoms with van der Waals surface area (Å²) in [4.78, 5) is 15.0. The molecule has 1 aliphatic heterocycles. The van der Waals surface area contributed by atoms with E-state index in [-0.39, 0.29) is 11.9 Å². The molecule has 1 aliphatic carbocycles. The number of nitrogens with one attached hydrogen (secondary N) is 1. The Morgan fingerprint density at radius 1 is 1.28 bits per heavy atom. The van der Waals surface area contributed by atoms with Gasteiger partial charge in [-0.05, 0) is 49.1 Å². The average Bonchev–Trinajstić information content (AvgIpc) is 2.61. The van der Waals surface area contributed by atoms with Crippen LogP contribution in [0, 0.1) is 11.8 Å². The first kappa shape index (κ1) is 18.4. The van der Waals surface area contributed by atoms with Crippen LogP contribution >= 0.6 is 0 Å². The third-order valence-corrected chi connectivity index (χ3v) is 5.87. The van der Waals surface area contributed by atoms with Crippen molar-refractivity contribution >= 4 is 5.91 Å². The molecule has 4 nitrogen and oxygen atoms in total. The van der Waals surface area contributed by atoms with E-state index in [2.05, 4.69) is 41.4 Å². The van der Waals surface area contributed by atoms with Crippen LogP contribution in [0.3, 0.4) is 0 Å². The molecule has 2 aliphatic rings. The van der Waals surface area contributed by atoms with E-state index in [0.29, 0.717) is 19.0 Å². The van der Waals surface area contributed by atoms with Crippen LogP contribution in [0.5, 0.6) is 0 Å². The van der Waals surface area contributed by atoms with Gasteiger partial charge < -0.3 is 15.3 Å². The van der Waals surface area contributed by atoms with E-state index in [9.17, 15) is 9.90 Å². The van der Waals surface area contributed by atoms with E-state index in [0.717, 1.165) is 18.9 Å². The number of aliphatic hydroxyl groups excluding tert-OH is 1. The Labute approximate surface area is 151 Å². The Morgan fingerprint density at radius 3 is 2.72 bits per heavy atom. The summed E-state index contributed by atoms with van der Waals surface area (Å²) in [6.45, 7) is 5.66. The Kier molecular flexibility index (Phi) is 6.13. The van der Waals surface area contributed by atoms with Gasteiger partial charge in [-0.2, -0.15) is 0 Å². The summed E-state index contributed by atoms with van der Waals surface area (Å²) in [6.07, 6.45) is 5.48. The van der Waals surface area contributed by atoms with Gasteiger partial charge in [0.15, 0.2) is 0 Å². The van der Waals surface area contributed by atoms with Crippen molar-refractivity contribution in [3.05, 3.63) is 35.4 Å². The van der Waals surface area contributed by atoms with Gasteiger partial charge in [0.25, 0.3) is 0 Å². The fourth-order valence-corrected chi connectivity index (χ4v) is 4.48. The molecule has 1 aromatic carbocycles. The van der Waals surface area contributed by atoms with Crippen LogP contribution in [0.15, 0.2) is 24.3 Å². The van der Waals surface area contributed by atoms with Crippen molar-refractivity contribution in [2.45, 2.75) is 58.1 Å². The van der Waals surface area contributed by atoms with Crippen LogP contribution in [0.4, 0.5) is 0 Å². The first-order chi connectivity index (χ1) is 12.1.